The number of amides is 1. The summed E-state index contributed by atoms with van der Waals surface area (Å²) in [4.78, 5) is 15.8. The van der Waals surface area contributed by atoms with Gasteiger partial charge >= 0.3 is 0 Å². The van der Waals surface area contributed by atoms with Gasteiger partial charge in [0.15, 0.2) is 11.6 Å². The van der Waals surface area contributed by atoms with E-state index in [1.54, 1.807) is 0 Å². The predicted molar refractivity (Wildman–Crippen MR) is 105 cm³/mol. The molecule has 1 heterocycles. The zero-order valence-corrected chi connectivity index (χ0v) is 17.3. The van der Waals surface area contributed by atoms with Crippen molar-refractivity contribution in [2.24, 2.45) is 0 Å². The van der Waals surface area contributed by atoms with Gasteiger partial charge in [-0.15, -0.1) is 0 Å². The number of rotatable bonds is 7. The lowest BCUT2D eigenvalue weighted by Gasteiger charge is -2.35. The van der Waals surface area contributed by atoms with Crippen molar-refractivity contribution in [2.45, 2.75) is 36.9 Å². The van der Waals surface area contributed by atoms with Crippen molar-refractivity contribution in [2.75, 3.05) is 53.0 Å². The molecule has 0 radical (unpaired) electrons. The van der Waals surface area contributed by atoms with E-state index in [9.17, 15) is 23.8 Å². The van der Waals surface area contributed by atoms with Crippen molar-refractivity contribution in [3.63, 3.8) is 0 Å². The number of aliphatic hydroxyl groups is 2. The molecule has 7 nitrogen and oxygen atoms in total. The molecule has 1 atom stereocenters. The van der Waals surface area contributed by atoms with Crippen LogP contribution in [0.5, 0.6) is 5.75 Å². The quantitative estimate of drug-likeness (QED) is 0.679. The molecule has 0 unspecified atom stereocenters. The Labute approximate surface area is 175 Å². The van der Waals surface area contributed by atoms with Crippen LogP contribution in [-0.4, -0.2) is 90.2 Å². The summed E-state index contributed by atoms with van der Waals surface area (Å²) in [7, 11) is 1.42. The third-order valence-corrected chi connectivity index (χ3v) is 5.77. The Balaban J connectivity index is 1.75. The molecule has 3 rings (SSSR count). The highest BCUT2D eigenvalue weighted by atomic mass is 19.2. The molecule has 168 valence electrons. The fourth-order valence-corrected chi connectivity index (χ4v) is 4.31. The lowest BCUT2D eigenvalue weighted by atomic mass is 9.99. The maximum Gasteiger partial charge on any atom is 0.248 e. The smallest absolute Gasteiger partial charge is 0.248 e. The molecular weight excluding hydrogens is 398 g/mol. The van der Waals surface area contributed by atoms with Crippen molar-refractivity contribution < 1.29 is 33.3 Å². The Morgan fingerprint density at radius 1 is 1.13 bits per heavy atom. The molecule has 1 aliphatic heterocycles. The van der Waals surface area contributed by atoms with Gasteiger partial charge in [0.05, 0.1) is 12.1 Å². The Hall–Kier alpha value is -1.81. The van der Waals surface area contributed by atoms with E-state index in [0.29, 0.717) is 32.5 Å². The normalized spacial score (nSPS) is 24.6. The largest absolute Gasteiger partial charge is 0.487 e. The molecule has 1 saturated carbocycles. The molecule has 9 heteroatoms. The SMILES string of the molecule is COCC(=O)N1CCN(CC2(O)CCCC2)C[C@@](O)(COc2cccc(F)c2F)C1. The van der Waals surface area contributed by atoms with Gasteiger partial charge in [-0.05, 0) is 25.0 Å². The summed E-state index contributed by atoms with van der Waals surface area (Å²) in [6.07, 6.45) is 3.29. The third kappa shape index (κ3) is 5.66. The lowest BCUT2D eigenvalue weighted by Crippen LogP contribution is -2.54. The van der Waals surface area contributed by atoms with E-state index in [1.807, 2.05) is 4.90 Å². The van der Waals surface area contributed by atoms with Crippen molar-refractivity contribution in [3.05, 3.63) is 29.8 Å². The number of halogens is 2. The van der Waals surface area contributed by atoms with Gasteiger partial charge in [-0.25, -0.2) is 4.39 Å². The summed E-state index contributed by atoms with van der Waals surface area (Å²) in [5, 5.41) is 22.1. The minimum Gasteiger partial charge on any atom is -0.487 e. The first-order chi connectivity index (χ1) is 14.2. The number of carbonyl (C=O) groups is 1. The van der Waals surface area contributed by atoms with Gasteiger partial charge in [0.25, 0.3) is 0 Å². The number of β-amino-alcohol motifs (C(OH)–C–C–N with tert-alkyl or cyclic N) is 2. The second kappa shape index (κ2) is 9.55. The number of benzene rings is 1. The standard InChI is InChI=1S/C21H30F2N2O5/c1-29-11-18(26)25-10-9-24(12-20(27)7-2-3-8-20)13-21(28,14-25)15-30-17-6-4-5-16(22)19(17)23/h4-6,27-28H,2-3,7-15H2,1H3/t21-/m0/s1. The first kappa shape index (κ1) is 22.9. The van der Waals surface area contributed by atoms with E-state index in [0.717, 1.165) is 18.9 Å². The fourth-order valence-electron chi connectivity index (χ4n) is 4.31. The van der Waals surface area contributed by atoms with Crippen LogP contribution < -0.4 is 4.74 Å². The number of hydrogen-bond donors (Lipinski definition) is 2. The van der Waals surface area contributed by atoms with Gasteiger partial charge in [0, 0.05) is 33.3 Å². The number of hydrogen-bond acceptors (Lipinski definition) is 6. The maximum absolute atomic E-state index is 14.0. The maximum atomic E-state index is 14.0. The van der Waals surface area contributed by atoms with Crippen LogP contribution >= 0.6 is 0 Å². The van der Waals surface area contributed by atoms with E-state index >= 15 is 0 Å². The summed E-state index contributed by atoms with van der Waals surface area (Å²) in [5.74, 6) is -2.75. The van der Waals surface area contributed by atoms with E-state index in [4.69, 9.17) is 9.47 Å². The second-order valence-electron chi connectivity index (χ2n) is 8.46. The van der Waals surface area contributed by atoms with Crippen LogP contribution in [0.15, 0.2) is 18.2 Å². The van der Waals surface area contributed by atoms with Gasteiger partial charge in [0.1, 0.15) is 18.8 Å². The highest BCUT2D eigenvalue weighted by Gasteiger charge is 2.41. The van der Waals surface area contributed by atoms with Crippen molar-refractivity contribution in [3.8, 4) is 5.75 Å². The van der Waals surface area contributed by atoms with Gasteiger partial charge in [-0.3, -0.25) is 9.69 Å². The minimum absolute atomic E-state index is 0.0406. The van der Waals surface area contributed by atoms with Crippen molar-refractivity contribution in [1.82, 2.24) is 9.80 Å². The first-order valence-corrected chi connectivity index (χ1v) is 10.2. The number of carbonyl (C=O) groups excluding carboxylic acids is 1. The molecule has 1 aliphatic carbocycles. The summed E-state index contributed by atoms with van der Waals surface area (Å²) < 4.78 is 37.8. The molecule has 2 aliphatic rings. The molecule has 0 spiro atoms. The molecule has 1 amide bonds. The zero-order chi connectivity index (χ0) is 21.8. The van der Waals surface area contributed by atoms with E-state index in [-0.39, 0.29) is 38.0 Å². The van der Waals surface area contributed by atoms with Crippen molar-refractivity contribution in [1.29, 1.82) is 0 Å². The van der Waals surface area contributed by atoms with Gasteiger partial charge in [-0.2, -0.15) is 4.39 Å². The highest BCUT2D eigenvalue weighted by molar-refractivity contribution is 5.77. The third-order valence-electron chi connectivity index (χ3n) is 5.77. The molecule has 2 fully saturated rings. The predicted octanol–water partition coefficient (Wildman–Crippen LogP) is 1.17. The molecule has 0 bridgehead atoms. The number of methoxy groups -OCH3 is 1. The molecule has 1 saturated heterocycles. The van der Waals surface area contributed by atoms with Crippen LogP contribution in [0.2, 0.25) is 0 Å². The molecule has 1 aromatic carbocycles. The average molecular weight is 428 g/mol. The Morgan fingerprint density at radius 3 is 2.57 bits per heavy atom. The Bertz CT molecular complexity index is 744. The van der Waals surface area contributed by atoms with Crippen LogP contribution in [0.4, 0.5) is 8.78 Å². The Kier molecular flexibility index (Phi) is 7.28. The summed E-state index contributed by atoms with van der Waals surface area (Å²) in [6.45, 7) is 0.821. The van der Waals surface area contributed by atoms with E-state index < -0.39 is 22.8 Å². The van der Waals surface area contributed by atoms with Crippen LogP contribution in [0, 0.1) is 11.6 Å². The average Bonchev–Trinajstić information content (AvgIpc) is 3.04. The van der Waals surface area contributed by atoms with Gasteiger partial charge in [0.2, 0.25) is 11.7 Å². The number of nitrogens with zero attached hydrogens (tertiary/aromatic N) is 2. The summed E-state index contributed by atoms with van der Waals surface area (Å²) in [5.41, 5.74) is -2.35. The highest BCUT2D eigenvalue weighted by Crippen LogP contribution is 2.31. The summed E-state index contributed by atoms with van der Waals surface area (Å²) >= 11 is 0. The fraction of sp³-hybridized carbons (Fsp3) is 0.667. The monoisotopic (exact) mass is 428 g/mol. The molecule has 0 aromatic heterocycles. The van der Waals surface area contributed by atoms with Gasteiger partial charge in [-0.1, -0.05) is 18.9 Å². The molecule has 1 aromatic rings. The zero-order valence-electron chi connectivity index (χ0n) is 17.3. The van der Waals surface area contributed by atoms with Crippen LogP contribution in [0.25, 0.3) is 0 Å². The first-order valence-electron chi connectivity index (χ1n) is 10.2. The number of ether oxygens (including phenoxy) is 2. The molecule has 2 N–H and O–H groups in total. The lowest BCUT2D eigenvalue weighted by molar-refractivity contribution is -0.138. The van der Waals surface area contributed by atoms with Crippen LogP contribution in [0.1, 0.15) is 25.7 Å². The van der Waals surface area contributed by atoms with Crippen LogP contribution in [0.3, 0.4) is 0 Å². The molecular formula is C21H30F2N2O5. The molecule has 30 heavy (non-hydrogen) atoms. The second-order valence-corrected chi connectivity index (χ2v) is 8.46. The van der Waals surface area contributed by atoms with Crippen molar-refractivity contribution >= 4 is 5.91 Å². The van der Waals surface area contributed by atoms with Crippen LogP contribution in [-0.2, 0) is 9.53 Å². The van der Waals surface area contributed by atoms with Gasteiger partial charge < -0.3 is 24.6 Å². The topological polar surface area (TPSA) is 82.5 Å². The minimum atomic E-state index is -1.53. The summed E-state index contributed by atoms with van der Waals surface area (Å²) in [6, 6.07) is 3.59. The van der Waals surface area contributed by atoms with E-state index in [2.05, 4.69) is 0 Å². The van der Waals surface area contributed by atoms with E-state index in [1.165, 1.54) is 24.1 Å². The Morgan fingerprint density at radius 2 is 1.87 bits per heavy atom.